The van der Waals surface area contributed by atoms with Crippen molar-refractivity contribution in [3.8, 4) is 28.7 Å². The lowest BCUT2D eigenvalue weighted by atomic mass is 9.97. The molecule has 1 unspecified atom stereocenters. The van der Waals surface area contributed by atoms with E-state index in [0.717, 1.165) is 6.07 Å². The molecule has 41 heavy (non-hydrogen) atoms. The summed E-state index contributed by atoms with van der Waals surface area (Å²) in [6.07, 6.45) is -14.0. The van der Waals surface area contributed by atoms with Gasteiger partial charge in [-0.05, 0) is 18.2 Å². The average Bonchev–Trinajstić information content (AvgIpc) is 2.94. The molecule has 2 saturated heterocycles. The van der Waals surface area contributed by atoms with Gasteiger partial charge in [0.15, 0.2) is 23.5 Å². The molecule has 0 aliphatic carbocycles. The van der Waals surface area contributed by atoms with Gasteiger partial charge in [-0.3, -0.25) is 0 Å². The topological polar surface area (TPSA) is 252 Å². The van der Waals surface area contributed by atoms with E-state index in [0.29, 0.717) is 5.56 Å². The van der Waals surface area contributed by atoms with Gasteiger partial charge >= 0.3 is 0 Å². The molecule has 3 aliphatic heterocycles. The van der Waals surface area contributed by atoms with Crippen molar-refractivity contribution < 1.29 is 74.7 Å². The monoisotopic (exact) mass is 583 g/mol. The fourth-order valence-electron chi connectivity index (χ4n) is 4.84. The van der Waals surface area contributed by atoms with E-state index in [2.05, 4.69) is 4.74 Å². The highest BCUT2D eigenvalue weighted by molar-refractivity contribution is 5.69. The summed E-state index contributed by atoms with van der Waals surface area (Å²) >= 11 is 0. The first kappa shape index (κ1) is 29.1. The summed E-state index contributed by atoms with van der Waals surface area (Å²) in [6, 6.07) is 6.22. The third kappa shape index (κ3) is 5.59. The number of fused-ring (bicyclic) bond motifs is 1. The molecule has 0 bridgehead atoms. The molecule has 224 valence electrons. The second-order valence-corrected chi connectivity index (χ2v) is 9.90. The van der Waals surface area contributed by atoms with Gasteiger partial charge in [0.05, 0.1) is 24.8 Å². The van der Waals surface area contributed by atoms with Crippen LogP contribution in [0.25, 0.3) is 6.08 Å². The van der Waals surface area contributed by atoms with E-state index in [1.807, 2.05) is 0 Å². The number of phenols is 4. The Hall–Kier alpha value is -3.38. The molecular weight excluding hydrogens is 552 g/mol. The molecule has 15 nitrogen and oxygen atoms in total. The fraction of sp³-hybridized carbons (Fsp3) is 0.462. The highest BCUT2D eigenvalue weighted by Crippen LogP contribution is 2.46. The van der Waals surface area contributed by atoms with Crippen LogP contribution in [0.5, 0.6) is 28.7 Å². The molecule has 15 heteroatoms. The zero-order valence-electron chi connectivity index (χ0n) is 21.2. The van der Waals surface area contributed by atoms with Crippen LogP contribution in [0.3, 0.4) is 0 Å². The quantitative estimate of drug-likeness (QED) is 0.132. The summed E-state index contributed by atoms with van der Waals surface area (Å²) in [4.78, 5) is 0. The van der Waals surface area contributed by atoms with Gasteiger partial charge < -0.3 is 74.7 Å². The highest BCUT2D eigenvalue weighted by Gasteiger charge is 2.50. The maximum absolute atomic E-state index is 10.9. The molecule has 0 radical (unpaired) electrons. The minimum atomic E-state index is -1.82. The molecular formula is C26H31O15+. The van der Waals surface area contributed by atoms with Crippen LogP contribution in [0, 0.1) is 0 Å². The Kier molecular flexibility index (Phi) is 8.15. The van der Waals surface area contributed by atoms with Crippen molar-refractivity contribution in [1.29, 1.82) is 0 Å². The van der Waals surface area contributed by atoms with Gasteiger partial charge in [0.25, 0.3) is 11.9 Å². The van der Waals surface area contributed by atoms with Crippen molar-refractivity contribution in [1.82, 2.24) is 0 Å². The summed E-state index contributed by atoms with van der Waals surface area (Å²) in [5.74, 6) is -1.35. The normalized spacial score (nSPS) is 35.2. The lowest BCUT2D eigenvalue weighted by molar-refractivity contribution is -0.345. The Labute approximate surface area is 231 Å². The molecule has 2 aromatic rings. The number of aromatic hydroxyl groups is 5. The Morgan fingerprint density at radius 3 is 2.27 bits per heavy atom. The number of phenolic OH excluding ortho intramolecular Hbond substituents is 4. The fourth-order valence-corrected chi connectivity index (χ4v) is 4.84. The van der Waals surface area contributed by atoms with Crippen molar-refractivity contribution in [2.45, 2.75) is 61.4 Å². The smallest absolute Gasteiger partial charge is 0.270 e. The van der Waals surface area contributed by atoms with Gasteiger partial charge in [0.1, 0.15) is 59.8 Å². The number of rotatable bonds is 6. The van der Waals surface area contributed by atoms with E-state index in [9.17, 15) is 51.1 Å². The molecule has 0 spiro atoms. The molecule has 2 fully saturated rings. The molecule has 10 atom stereocenters. The Balaban J connectivity index is 1.41. The second-order valence-electron chi connectivity index (χ2n) is 9.90. The minimum absolute atomic E-state index is 0.0426. The number of ether oxygens (including phenoxy) is 5. The van der Waals surface area contributed by atoms with Crippen molar-refractivity contribution in [3.05, 3.63) is 47.2 Å². The number of aliphatic hydroxyl groups is 7. The van der Waals surface area contributed by atoms with Crippen LogP contribution in [0.15, 0.2) is 36.1 Å². The molecule has 11 N–H and O–H groups in total. The van der Waals surface area contributed by atoms with Crippen LogP contribution in [0.4, 0.5) is 0 Å². The lowest BCUT2D eigenvalue weighted by Gasteiger charge is -2.44. The maximum atomic E-state index is 10.9. The van der Waals surface area contributed by atoms with E-state index in [1.165, 1.54) is 30.3 Å². The van der Waals surface area contributed by atoms with E-state index < -0.39 is 79.5 Å². The molecule has 0 amide bonds. The summed E-state index contributed by atoms with van der Waals surface area (Å²) in [5, 5.41) is 102. The zero-order chi connectivity index (χ0) is 29.6. The Bertz CT molecular complexity index is 1280. The average molecular weight is 584 g/mol. The summed E-state index contributed by atoms with van der Waals surface area (Å²) in [5.41, 5.74) is 0.446. The van der Waals surface area contributed by atoms with E-state index in [-0.39, 0.29) is 35.2 Å². The number of aliphatic hydroxyl groups excluding tert-OH is 6. The first-order valence-corrected chi connectivity index (χ1v) is 12.6. The van der Waals surface area contributed by atoms with Crippen LogP contribution in [-0.4, -0.2) is 124 Å². The largest absolute Gasteiger partial charge is 0.571 e. The van der Waals surface area contributed by atoms with Crippen molar-refractivity contribution in [2.75, 3.05) is 13.2 Å². The van der Waals surface area contributed by atoms with Crippen LogP contribution in [0.1, 0.15) is 17.2 Å². The van der Waals surface area contributed by atoms with Crippen molar-refractivity contribution >= 4 is 6.08 Å². The highest BCUT2D eigenvalue weighted by atomic mass is 16.7. The van der Waals surface area contributed by atoms with Crippen molar-refractivity contribution in [3.63, 3.8) is 0 Å². The molecule has 0 saturated carbocycles. The van der Waals surface area contributed by atoms with Crippen molar-refractivity contribution in [2.24, 2.45) is 0 Å². The van der Waals surface area contributed by atoms with Gasteiger partial charge in [0.2, 0.25) is 6.29 Å². The van der Waals surface area contributed by atoms with Gasteiger partial charge in [-0.2, -0.15) is 0 Å². The van der Waals surface area contributed by atoms with Gasteiger partial charge in [0, 0.05) is 12.1 Å². The van der Waals surface area contributed by atoms with Crippen LogP contribution >= 0.6 is 0 Å². The number of hydrogen-bond acceptors (Lipinski definition) is 14. The number of hydrogen-bond donors (Lipinski definition) is 10. The van der Waals surface area contributed by atoms with Crippen LogP contribution in [0.2, 0.25) is 0 Å². The summed E-state index contributed by atoms with van der Waals surface area (Å²) in [6.45, 7) is -1.13. The number of benzene rings is 2. The SMILES string of the molecule is OC[C@H]1O[C@@H](OC2=Cc3c(O)cc(O)cc3[OH+]C2c2ccc(O)c(O)c2)[C@H](O)[C@@H](O)[C@@H]1O[C@@H]1OC[C@@H](O)[C@H](O)[C@H]1O. The van der Waals surface area contributed by atoms with Gasteiger partial charge in [-0.1, -0.05) is 0 Å². The summed E-state index contributed by atoms with van der Waals surface area (Å²) < 4.78 is 26.8. The molecule has 2 aromatic carbocycles. The summed E-state index contributed by atoms with van der Waals surface area (Å²) in [7, 11) is 0. The van der Waals surface area contributed by atoms with Gasteiger partial charge in [-0.25, -0.2) is 0 Å². The second kappa shape index (κ2) is 11.5. The predicted octanol–water partition coefficient (Wildman–Crippen LogP) is -1.87. The van der Waals surface area contributed by atoms with Crippen LogP contribution in [-0.2, 0) is 18.9 Å². The van der Waals surface area contributed by atoms with E-state index in [4.69, 9.17) is 18.9 Å². The molecule has 0 aromatic heterocycles. The minimum Gasteiger partial charge on any atom is -0.571 e. The molecule has 3 heterocycles. The standard InChI is InChI=1S/C26H30O15/c27-7-18-24(41-25-21(35)19(33)15(32)8-37-25)20(34)22(36)26(40-18)39-17-6-11-13(30)4-10(28)5-16(11)38-23(17)9-1-2-12(29)14(31)3-9/h1-6,15,18-36H,7-8H2/p+1/t15-,18-,19+,20-,21-,22-,23?,24-,25+,26-/m1/s1. The first-order chi connectivity index (χ1) is 19.5. The first-order valence-electron chi connectivity index (χ1n) is 12.6. The third-order valence-corrected chi connectivity index (χ3v) is 7.08. The molecule has 5 rings (SSSR count). The third-order valence-electron chi connectivity index (χ3n) is 7.08. The Morgan fingerprint density at radius 2 is 1.56 bits per heavy atom. The lowest BCUT2D eigenvalue weighted by Crippen LogP contribution is -2.63. The molecule has 3 aliphatic rings. The van der Waals surface area contributed by atoms with Crippen LogP contribution < -0.4 is 0 Å². The maximum Gasteiger partial charge on any atom is 0.270 e. The zero-order valence-corrected chi connectivity index (χ0v) is 21.2. The van der Waals surface area contributed by atoms with Gasteiger partial charge in [-0.15, -0.1) is 0 Å². The predicted molar refractivity (Wildman–Crippen MR) is 133 cm³/mol. The van der Waals surface area contributed by atoms with E-state index >= 15 is 0 Å². The van der Waals surface area contributed by atoms with E-state index in [1.54, 1.807) is 0 Å². The Morgan fingerprint density at radius 1 is 0.829 bits per heavy atom.